The fourth-order valence-corrected chi connectivity index (χ4v) is 2.50. The molecule has 1 rings (SSSR count). The number of nitrogens with zero attached hydrogens (tertiary/aromatic N) is 1. The van der Waals surface area contributed by atoms with Crippen LogP contribution in [-0.2, 0) is 0 Å². The van der Waals surface area contributed by atoms with Crippen LogP contribution >= 0.6 is 27.5 Å². The summed E-state index contributed by atoms with van der Waals surface area (Å²) < 4.78 is 6.48. The van der Waals surface area contributed by atoms with Crippen LogP contribution in [0.25, 0.3) is 0 Å². The predicted octanol–water partition coefficient (Wildman–Crippen LogP) is 3.41. The van der Waals surface area contributed by atoms with Crippen LogP contribution in [0.3, 0.4) is 0 Å². The average molecular weight is 322 g/mol. The number of nitrogen functional groups attached to an aromatic ring is 1. The van der Waals surface area contributed by atoms with E-state index in [1.165, 1.54) is 0 Å². The van der Waals surface area contributed by atoms with Crippen molar-refractivity contribution in [2.45, 2.75) is 13.8 Å². The largest absolute Gasteiger partial charge is 0.489 e. The van der Waals surface area contributed by atoms with E-state index in [4.69, 9.17) is 22.1 Å². The predicted molar refractivity (Wildman–Crippen MR) is 76.8 cm³/mol. The van der Waals surface area contributed by atoms with Crippen molar-refractivity contribution in [2.24, 2.45) is 0 Å². The van der Waals surface area contributed by atoms with Gasteiger partial charge in [0, 0.05) is 11.6 Å². The highest BCUT2D eigenvalue weighted by Crippen LogP contribution is 2.34. The highest BCUT2D eigenvalue weighted by molar-refractivity contribution is 9.10. The minimum Gasteiger partial charge on any atom is -0.489 e. The molecule has 5 heteroatoms. The van der Waals surface area contributed by atoms with Gasteiger partial charge in [-0.2, -0.15) is 0 Å². The summed E-state index contributed by atoms with van der Waals surface area (Å²) in [6, 6.07) is 3.48. The summed E-state index contributed by atoms with van der Waals surface area (Å²) in [6.45, 7) is 7.83. The molecule has 96 valence electrons. The highest BCUT2D eigenvalue weighted by Gasteiger charge is 2.08. The molecule has 3 nitrogen and oxygen atoms in total. The first kappa shape index (κ1) is 14.6. The zero-order valence-corrected chi connectivity index (χ0v) is 12.5. The molecule has 0 bridgehead atoms. The van der Waals surface area contributed by atoms with Gasteiger partial charge in [0.2, 0.25) is 0 Å². The summed E-state index contributed by atoms with van der Waals surface area (Å²) in [4.78, 5) is 2.29. The number of hydrogen-bond acceptors (Lipinski definition) is 3. The van der Waals surface area contributed by atoms with E-state index in [-0.39, 0.29) is 0 Å². The van der Waals surface area contributed by atoms with Gasteiger partial charge in [-0.25, -0.2) is 0 Å². The molecule has 0 amide bonds. The Bertz CT molecular complexity index is 347. The fourth-order valence-electron chi connectivity index (χ4n) is 1.55. The van der Waals surface area contributed by atoms with E-state index in [1.807, 2.05) is 0 Å². The van der Waals surface area contributed by atoms with E-state index in [1.54, 1.807) is 12.1 Å². The first-order valence-corrected chi connectivity index (χ1v) is 6.85. The van der Waals surface area contributed by atoms with Gasteiger partial charge in [0.1, 0.15) is 6.61 Å². The quantitative estimate of drug-likeness (QED) is 0.816. The van der Waals surface area contributed by atoms with Crippen molar-refractivity contribution in [3.05, 3.63) is 21.6 Å². The van der Waals surface area contributed by atoms with Crippen LogP contribution in [0, 0.1) is 0 Å². The lowest BCUT2D eigenvalue weighted by Crippen LogP contribution is -2.28. The van der Waals surface area contributed by atoms with Gasteiger partial charge in [-0.1, -0.05) is 25.4 Å². The van der Waals surface area contributed by atoms with Crippen LogP contribution < -0.4 is 10.5 Å². The minimum absolute atomic E-state index is 0.559. The third-order valence-electron chi connectivity index (χ3n) is 2.59. The van der Waals surface area contributed by atoms with Gasteiger partial charge >= 0.3 is 0 Å². The molecular formula is C12H18BrClN2O. The summed E-state index contributed by atoms with van der Waals surface area (Å²) in [7, 11) is 0. The average Bonchev–Trinajstić information content (AvgIpc) is 2.27. The second-order valence-corrected chi connectivity index (χ2v) is 4.97. The topological polar surface area (TPSA) is 38.5 Å². The Morgan fingerprint density at radius 2 is 2.00 bits per heavy atom. The summed E-state index contributed by atoms with van der Waals surface area (Å²) in [5.74, 6) is 0.668. The molecule has 0 saturated heterocycles. The molecule has 17 heavy (non-hydrogen) atoms. The third kappa shape index (κ3) is 4.37. The summed E-state index contributed by atoms with van der Waals surface area (Å²) in [5, 5.41) is 0.602. The van der Waals surface area contributed by atoms with Gasteiger partial charge in [-0.05, 0) is 41.2 Å². The van der Waals surface area contributed by atoms with Crippen molar-refractivity contribution in [3.63, 3.8) is 0 Å². The zero-order chi connectivity index (χ0) is 12.8. The normalized spacial score (nSPS) is 10.9. The van der Waals surface area contributed by atoms with Crippen LogP contribution in [-0.4, -0.2) is 31.1 Å². The molecule has 0 saturated carbocycles. The Kier molecular flexibility index (Phi) is 6.09. The second kappa shape index (κ2) is 7.09. The maximum atomic E-state index is 5.88. The van der Waals surface area contributed by atoms with E-state index in [2.05, 4.69) is 34.7 Å². The lowest BCUT2D eigenvalue weighted by atomic mass is 10.3. The lowest BCUT2D eigenvalue weighted by molar-refractivity contribution is 0.223. The molecule has 1 aromatic rings. The lowest BCUT2D eigenvalue weighted by Gasteiger charge is -2.19. The number of benzene rings is 1. The number of anilines is 1. The van der Waals surface area contributed by atoms with Crippen molar-refractivity contribution < 1.29 is 4.74 Å². The van der Waals surface area contributed by atoms with E-state index in [0.717, 1.165) is 24.1 Å². The SMILES string of the molecule is CCN(CC)CCOc1c(N)cc(Cl)cc1Br. The molecule has 0 heterocycles. The number of hydrogen-bond donors (Lipinski definition) is 1. The maximum absolute atomic E-state index is 5.88. The molecule has 0 spiro atoms. The van der Waals surface area contributed by atoms with Gasteiger partial charge in [-0.15, -0.1) is 0 Å². The number of ether oxygens (including phenoxy) is 1. The molecule has 0 aliphatic heterocycles. The van der Waals surface area contributed by atoms with Crippen molar-refractivity contribution in [3.8, 4) is 5.75 Å². The van der Waals surface area contributed by atoms with E-state index in [0.29, 0.717) is 23.1 Å². The van der Waals surface area contributed by atoms with E-state index >= 15 is 0 Å². The Morgan fingerprint density at radius 3 is 2.53 bits per heavy atom. The molecule has 1 aromatic carbocycles. The Balaban J connectivity index is 2.58. The van der Waals surface area contributed by atoms with E-state index < -0.39 is 0 Å². The molecule has 2 N–H and O–H groups in total. The number of halogens is 2. The van der Waals surface area contributed by atoms with Crippen LogP contribution in [0.1, 0.15) is 13.8 Å². The number of nitrogens with two attached hydrogens (primary N) is 1. The monoisotopic (exact) mass is 320 g/mol. The Labute approximate surface area is 116 Å². The van der Waals surface area contributed by atoms with Crippen LogP contribution in [0.4, 0.5) is 5.69 Å². The van der Waals surface area contributed by atoms with Crippen LogP contribution in [0.5, 0.6) is 5.75 Å². The van der Waals surface area contributed by atoms with Crippen molar-refractivity contribution in [1.82, 2.24) is 4.90 Å². The van der Waals surface area contributed by atoms with Gasteiger partial charge in [0.15, 0.2) is 5.75 Å². The van der Waals surface area contributed by atoms with Gasteiger partial charge in [-0.3, -0.25) is 0 Å². The third-order valence-corrected chi connectivity index (χ3v) is 3.39. The van der Waals surface area contributed by atoms with Gasteiger partial charge < -0.3 is 15.4 Å². The fraction of sp³-hybridized carbons (Fsp3) is 0.500. The first-order chi connectivity index (χ1) is 8.08. The molecule has 0 aliphatic rings. The van der Waals surface area contributed by atoms with Gasteiger partial charge in [0.05, 0.1) is 10.2 Å². The van der Waals surface area contributed by atoms with Crippen molar-refractivity contribution >= 4 is 33.2 Å². The summed E-state index contributed by atoms with van der Waals surface area (Å²) >= 11 is 9.27. The molecule has 0 aromatic heterocycles. The Morgan fingerprint density at radius 1 is 1.35 bits per heavy atom. The second-order valence-electron chi connectivity index (χ2n) is 3.68. The molecule has 0 radical (unpaired) electrons. The molecular weight excluding hydrogens is 304 g/mol. The Hall–Kier alpha value is -0.450. The summed E-state index contributed by atoms with van der Waals surface area (Å²) in [5.41, 5.74) is 6.41. The first-order valence-electron chi connectivity index (χ1n) is 5.68. The van der Waals surface area contributed by atoms with E-state index in [9.17, 15) is 0 Å². The minimum atomic E-state index is 0.559. The van der Waals surface area contributed by atoms with Gasteiger partial charge in [0.25, 0.3) is 0 Å². The molecule has 0 fully saturated rings. The van der Waals surface area contributed by atoms with Crippen LogP contribution in [0.15, 0.2) is 16.6 Å². The molecule has 0 atom stereocenters. The van der Waals surface area contributed by atoms with Crippen molar-refractivity contribution in [1.29, 1.82) is 0 Å². The highest BCUT2D eigenvalue weighted by atomic mass is 79.9. The number of likely N-dealkylation sites (N-methyl/N-ethyl adjacent to an activating group) is 1. The standard InChI is InChI=1S/C12H18BrClN2O/c1-3-16(4-2)5-6-17-12-10(13)7-9(14)8-11(12)15/h7-8H,3-6,15H2,1-2H3. The number of rotatable bonds is 6. The summed E-state index contributed by atoms with van der Waals surface area (Å²) in [6.07, 6.45) is 0. The molecule has 0 unspecified atom stereocenters. The van der Waals surface area contributed by atoms with Crippen molar-refractivity contribution in [2.75, 3.05) is 32.0 Å². The maximum Gasteiger partial charge on any atom is 0.156 e. The smallest absolute Gasteiger partial charge is 0.156 e. The zero-order valence-electron chi connectivity index (χ0n) is 10.2. The molecule has 0 aliphatic carbocycles. The van der Waals surface area contributed by atoms with Crippen LogP contribution in [0.2, 0.25) is 5.02 Å².